The molecule has 1 unspecified atom stereocenters. The molecule has 4 heteroatoms. The van der Waals surface area contributed by atoms with Crippen LogP contribution in [0.15, 0.2) is 6.20 Å². The summed E-state index contributed by atoms with van der Waals surface area (Å²) in [7, 11) is 1.46. The standard InChI is InChI=1S/C12H18N2O2/c1-3-4-11-13-8-10-7-9(12(15)16-2)5-6-14(10)11/h8-9H,3-7H2,1-2H3. The van der Waals surface area contributed by atoms with Gasteiger partial charge in [0.15, 0.2) is 0 Å². The maximum atomic E-state index is 11.5. The van der Waals surface area contributed by atoms with Gasteiger partial charge in [0.05, 0.1) is 13.0 Å². The number of hydrogen-bond donors (Lipinski definition) is 0. The summed E-state index contributed by atoms with van der Waals surface area (Å²) in [5, 5.41) is 0. The van der Waals surface area contributed by atoms with E-state index in [2.05, 4.69) is 16.5 Å². The van der Waals surface area contributed by atoms with Crippen LogP contribution in [0, 0.1) is 5.92 Å². The van der Waals surface area contributed by atoms with Gasteiger partial charge in [-0.3, -0.25) is 4.79 Å². The number of hydrogen-bond acceptors (Lipinski definition) is 3. The zero-order valence-corrected chi connectivity index (χ0v) is 9.90. The van der Waals surface area contributed by atoms with Crippen LogP contribution >= 0.6 is 0 Å². The summed E-state index contributed by atoms with van der Waals surface area (Å²) >= 11 is 0. The lowest BCUT2D eigenvalue weighted by molar-refractivity contribution is -0.146. The second-order valence-electron chi connectivity index (χ2n) is 4.28. The summed E-state index contributed by atoms with van der Waals surface area (Å²) in [4.78, 5) is 15.9. The molecule has 1 aliphatic heterocycles. The van der Waals surface area contributed by atoms with E-state index in [0.717, 1.165) is 38.1 Å². The molecular weight excluding hydrogens is 204 g/mol. The Bertz CT molecular complexity index is 384. The fraction of sp³-hybridized carbons (Fsp3) is 0.667. The summed E-state index contributed by atoms with van der Waals surface area (Å²) in [6.45, 7) is 3.05. The number of rotatable bonds is 3. The number of esters is 1. The minimum atomic E-state index is -0.0931. The first kappa shape index (κ1) is 11.2. The SMILES string of the molecule is CCCc1ncc2n1CCC(C(=O)OC)C2. The molecule has 1 aliphatic rings. The molecule has 2 rings (SSSR count). The van der Waals surface area contributed by atoms with Crippen LogP contribution in [0.5, 0.6) is 0 Å². The zero-order valence-electron chi connectivity index (χ0n) is 9.90. The Morgan fingerprint density at radius 2 is 2.50 bits per heavy atom. The highest BCUT2D eigenvalue weighted by atomic mass is 16.5. The highest BCUT2D eigenvalue weighted by molar-refractivity contribution is 5.72. The average molecular weight is 222 g/mol. The van der Waals surface area contributed by atoms with Crippen molar-refractivity contribution < 1.29 is 9.53 Å². The van der Waals surface area contributed by atoms with E-state index in [1.165, 1.54) is 12.8 Å². The van der Waals surface area contributed by atoms with E-state index in [1.54, 1.807) is 0 Å². The lowest BCUT2D eigenvalue weighted by Crippen LogP contribution is -2.27. The van der Waals surface area contributed by atoms with Crippen LogP contribution in [0.4, 0.5) is 0 Å². The number of aryl methyl sites for hydroxylation is 1. The predicted molar refractivity (Wildman–Crippen MR) is 60.0 cm³/mol. The van der Waals surface area contributed by atoms with E-state index >= 15 is 0 Å². The number of methoxy groups -OCH3 is 1. The van der Waals surface area contributed by atoms with Crippen LogP contribution in [0.3, 0.4) is 0 Å². The number of imidazole rings is 1. The van der Waals surface area contributed by atoms with Gasteiger partial charge in [-0.15, -0.1) is 0 Å². The Labute approximate surface area is 95.6 Å². The molecule has 0 aromatic carbocycles. The van der Waals surface area contributed by atoms with Crippen molar-refractivity contribution in [3.8, 4) is 0 Å². The van der Waals surface area contributed by atoms with Crippen molar-refractivity contribution in [2.75, 3.05) is 7.11 Å². The molecule has 0 saturated heterocycles. The van der Waals surface area contributed by atoms with Gasteiger partial charge in [-0.2, -0.15) is 0 Å². The average Bonchev–Trinajstić information content (AvgIpc) is 2.71. The smallest absolute Gasteiger partial charge is 0.309 e. The quantitative estimate of drug-likeness (QED) is 0.729. The number of nitrogens with zero attached hydrogens (tertiary/aromatic N) is 2. The molecule has 0 fully saturated rings. The Morgan fingerprint density at radius 3 is 3.19 bits per heavy atom. The van der Waals surface area contributed by atoms with E-state index in [1.807, 2.05) is 6.20 Å². The van der Waals surface area contributed by atoms with E-state index in [4.69, 9.17) is 4.74 Å². The van der Waals surface area contributed by atoms with Crippen molar-refractivity contribution in [3.63, 3.8) is 0 Å². The molecule has 0 N–H and O–H groups in total. The molecule has 0 amide bonds. The van der Waals surface area contributed by atoms with Crippen molar-refractivity contribution in [1.82, 2.24) is 9.55 Å². The summed E-state index contributed by atoms with van der Waals surface area (Å²) in [6, 6.07) is 0. The molecule has 1 aromatic heterocycles. The molecular formula is C12H18N2O2. The first-order valence-corrected chi connectivity index (χ1v) is 5.87. The Kier molecular flexibility index (Phi) is 3.27. The second-order valence-corrected chi connectivity index (χ2v) is 4.28. The van der Waals surface area contributed by atoms with Crippen LogP contribution in [0.1, 0.15) is 31.3 Å². The third-order valence-corrected chi connectivity index (χ3v) is 3.19. The van der Waals surface area contributed by atoms with Gasteiger partial charge in [0.25, 0.3) is 0 Å². The van der Waals surface area contributed by atoms with E-state index in [-0.39, 0.29) is 11.9 Å². The van der Waals surface area contributed by atoms with Crippen LogP contribution in [0.25, 0.3) is 0 Å². The molecule has 1 aromatic rings. The first-order valence-electron chi connectivity index (χ1n) is 5.87. The van der Waals surface area contributed by atoms with Gasteiger partial charge >= 0.3 is 5.97 Å². The van der Waals surface area contributed by atoms with E-state index in [0.29, 0.717) is 0 Å². The molecule has 0 spiro atoms. The van der Waals surface area contributed by atoms with E-state index < -0.39 is 0 Å². The third kappa shape index (κ3) is 1.96. The number of fused-ring (bicyclic) bond motifs is 1. The van der Waals surface area contributed by atoms with Crippen molar-refractivity contribution in [3.05, 3.63) is 17.7 Å². The Balaban J connectivity index is 2.13. The van der Waals surface area contributed by atoms with Gasteiger partial charge < -0.3 is 9.30 Å². The van der Waals surface area contributed by atoms with Crippen LogP contribution < -0.4 is 0 Å². The van der Waals surface area contributed by atoms with Gasteiger partial charge in [0, 0.05) is 31.3 Å². The zero-order chi connectivity index (χ0) is 11.5. The second kappa shape index (κ2) is 4.68. The third-order valence-electron chi connectivity index (χ3n) is 3.19. The largest absolute Gasteiger partial charge is 0.469 e. The minimum absolute atomic E-state index is 0.0173. The maximum absolute atomic E-state index is 11.5. The van der Waals surface area contributed by atoms with Crippen LogP contribution in [-0.4, -0.2) is 22.6 Å². The van der Waals surface area contributed by atoms with Gasteiger partial charge in [-0.25, -0.2) is 4.98 Å². The lowest BCUT2D eigenvalue weighted by atomic mass is 9.96. The molecule has 1 atom stereocenters. The van der Waals surface area contributed by atoms with E-state index in [9.17, 15) is 4.79 Å². The summed E-state index contributed by atoms with van der Waals surface area (Å²) in [5.74, 6) is 1.08. The molecule has 16 heavy (non-hydrogen) atoms. The predicted octanol–water partition coefficient (Wildman–Crippen LogP) is 1.57. The maximum Gasteiger partial charge on any atom is 0.309 e. The fourth-order valence-corrected chi connectivity index (χ4v) is 2.32. The lowest BCUT2D eigenvalue weighted by Gasteiger charge is -2.23. The van der Waals surface area contributed by atoms with Gasteiger partial charge in [0.1, 0.15) is 5.82 Å². The molecule has 88 valence electrons. The summed E-state index contributed by atoms with van der Waals surface area (Å²) < 4.78 is 7.04. The Morgan fingerprint density at radius 1 is 1.69 bits per heavy atom. The Hall–Kier alpha value is -1.32. The van der Waals surface area contributed by atoms with Crippen LogP contribution in [0.2, 0.25) is 0 Å². The summed E-state index contributed by atoms with van der Waals surface area (Å²) in [6.07, 6.45) is 5.66. The highest BCUT2D eigenvalue weighted by Gasteiger charge is 2.26. The monoisotopic (exact) mass is 222 g/mol. The molecule has 0 aliphatic carbocycles. The van der Waals surface area contributed by atoms with Gasteiger partial charge in [-0.05, 0) is 12.8 Å². The topological polar surface area (TPSA) is 44.1 Å². The molecule has 0 radical (unpaired) electrons. The first-order chi connectivity index (χ1) is 7.76. The highest BCUT2D eigenvalue weighted by Crippen LogP contribution is 2.23. The number of ether oxygens (including phenoxy) is 1. The molecule has 0 bridgehead atoms. The summed E-state index contributed by atoms with van der Waals surface area (Å²) in [5.41, 5.74) is 1.17. The minimum Gasteiger partial charge on any atom is -0.469 e. The van der Waals surface area contributed by atoms with Gasteiger partial charge in [-0.1, -0.05) is 6.92 Å². The fourth-order valence-electron chi connectivity index (χ4n) is 2.32. The number of carbonyl (C=O) groups is 1. The van der Waals surface area contributed by atoms with Crippen molar-refractivity contribution in [1.29, 1.82) is 0 Å². The van der Waals surface area contributed by atoms with Gasteiger partial charge in [0.2, 0.25) is 0 Å². The normalized spacial score (nSPS) is 19.2. The van der Waals surface area contributed by atoms with Crippen LogP contribution in [-0.2, 0) is 28.9 Å². The van der Waals surface area contributed by atoms with Crippen molar-refractivity contribution in [2.45, 2.75) is 39.2 Å². The van der Waals surface area contributed by atoms with Crippen molar-refractivity contribution in [2.24, 2.45) is 5.92 Å². The number of aromatic nitrogens is 2. The molecule has 0 saturated carbocycles. The molecule has 4 nitrogen and oxygen atoms in total. The van der Waals surface area contributed by atoms with Crippen molar-refractivity contribution >= 4 is 5.97 Å². The number of carbonyl (C=O) groups excluding carboxylic acids is 1. The molecule has 2 heterocycles.